The Morgan fingerprint density at radius 1 is 1.00 bits per heavy atom. The van der Waals surface area contributed by atoms with E-state index >= 15 is 0 Å². The number of carbonyl (C=O) groups excluding carboxylic acids is 3. The molecule has 0 saturated heterocycles. The molecular formula is C18H13F3O5. The first-order valence-corrected chi connectivity index (χ1v) is 7.28. The lowest BCUT2D eigenvalue weighted by Gasteiger charge is -2.10. The van der Waals surface area contributed by atoms with Crippen LogP contribution in [-0.4, -0.2) is 29.8 Å². The van der Waals surface area contributed by atoms with Gasteiger partial charge in [0.05, 0.1) is 30.2 Å². The Balaban J connectivity index is 2.25. The van der Waals surface area contributed by atoms with Crippen molar-refractivity contribution in [3.8, 4) is 5.75 Å². The summed E-state index contributed by atoms with van der Waals surface area (Å²) < 4.78 is 42.7. The molecule has 2 rings (SSSR count). The number of phenolic OH excluding ortho intramolecular Hbond substituents is 1. The molecule has 5 nitrogen and oxygen atoms in total. The minimum absolute atomic E-state index is 0.0210. The normalized spacial score (nSPS) is 11.1. The second-order valence-corrected chi connectivity index (χ2v) is 5.33. The maximum atomic E-state index is 12.7. The van der Waals surface area contributed by atoms with Crippen LogP contribution in [0, 0.1) is 0 Å². The zero-order chi connectivity index (χ0) is 19.5. The van der Waals surface area contributed by atoms with Gasteiger partial charge in [0, 0.05) is 5.56 Å². The van der Waals surface area contributed by atoms with E-state index in [1.54, 1.807) is 0 Å². The second kappa shape index (κ2) is 7.38. The van der Waals surface area contributed by atoms with Crippen molar-refractivity contribution in [3.05, 3.63) is 64.7 Å². The first-order chi connectivity index (χ1) is 12.1. The average molecular weight is 366 g/mol. The smallest absolute Gasteiger partial charge is 0.416 e. The molecule has 0 radical (unpaired) electrons. The van der Waals surface area contributed by atoms with Crippen LogP contribution in [0.15, 0.2) is 42.5 Å². The van der Waals surface area contributed by atoms with Crippen LogP contribution in [0.4, 0.5) is 13.2 Å². The van der Waals surface area contributed by atoms with Crippen molar-refractivity contribution >= 4 is 17.5 Å². The van der Waals surface area contributed by atoms with Crippen molar-refractivity contribution in [2.75, 3.05) is 7.11 Å². The van der Waals surface area contributed by atoms with Crippen molar-refractivity contribution in [1.82, 2.24) is 0 Å². The number of hydrogen-bond acceptors (Lipinski definition) is 5. The van der Waals surface area contributed by atoms with E-state index in [2.05, 4.69) is 4.74 Å². The predicted molar refractivity (Wildman–Crippen MR) is 84.2 cm³/mol. The summed E-state index contributed by atoms with van der Waals surface area (Å²) in [5.74, 6) is -3.01. The van der Waals surface area contributed by atoms with Crippen LogP contribution < -0.4 is 0 Å². The molecule has 0 unspecified atom stereocenters. The number of alkyl halides is 3. The fraction of sp³-hybridized carbons (Fsp3) is 0.167. The fourth-order valence-electron chi connectivity index (χ4n) is 2.22. The summed E-state index contributed by atoms with van der Waals surface area (Å²) >= 11 is 0. The van der Waals surface area contributed by atoms with Crippen LogP contribution in [0.25, 0.3) is 0 Å². The van der Waals surface area contributed by atoms with Crippen LogP contribution in [0.2, 0.25) is 0 Å². The first kappa shape index (κ1) is 19.2. The van der Waals surface area contributed by atoms with Crippen molar-refractivity contribution in [2.24, 2.45) is 0 Å². The fourth-order valence-corrected chi connectivity index (χ4v) is 2.22. The van der Waals surface area contributed by atoms with Crippen LogP contribution in [-0.2, 0) is 10.9 Å². The summed E-state index contributed by atoms with van der Waals surface area (Å²) in [6, 6.07) is 7.26. The lowest BCUT2D eigenvalue weighted by molar-refractivity contribution is -0.137. The Morgan fingerprint density at radius 2 is 1.65 bits per heavy atom. The van der Waals surface area contributed by atoms with E-state index in [1.165, 1.54) is 24.3 Å². The highest BCUT2D eigenvalue weighted by atomic mass is 19.4. The predicted octanol–water partition coefficient (Wildman–Crippen LogP) is 3.65. The lowest BCUT2D eigenvalue weighted by Crippen LogP contribution is -2.12. The third-order valence-electron chi connectivity index (χ3n) is 3.55. The number of ether oxygens (including phenoxy) is 1. The molecule has 0 aliphatic carbocycles. The molecule has 2 aromatic carbocycles. The lowest BCUT2D eigenvalue weighted by atomic mass is 9.98. The summed E-state index contributed by atoms with van der Waals surface area (Å²) in [7, 11) is 1.16. The number of hydrogen-bond donors (Lipinski definition) is 1. The number of rotatable bonds is 5. The van der Waals surface area contributed by atoms with E-state index in [4.69, 9.17) is 0 Å². The number of Topliss-reactive ketones (excluding diaryl/α,β-unsaturated/α-hetero) is 2. The molecule has 0 aliphatic rings. The monoisotopic (exact) mass is 366 g/mol. The Kier molecular flexibility index (Phi) is 5.44. The van der Waals surface area contributed by atoms with Gasteiger partial charge in [-0.1, -0.05) is 12.1 Å². The van der Waals surface area contributed by atoms with Gasteiger partial charge in [-0.05, 0) is 30.3 Å². The number of phenols is 1. The molecule has 0 amide bonds. The molecule has 0 aliphatic heterocycles. The molecule has 1 N–H and O–H groups in total. The third-order valence-corrected chi connectivity index (χ3v) is 3.55. The van der Waals surface area contributed by atoms with Crippen molar-refractivity contribution in [1.29, 1.82) is 0 Å². The van der Waals surface area contributed by atoms with E-state index in [0.717, 1.165) is 13.2 Å². The van der Waals surface area contributed by atoms with E-state index in [1.807, 2.05) is 0 Å². The van der Waals surface area contributed by atoms with Gasteiger partial charge in [0.1, 0.15) is 5.75 Å². The van der Waals surface area contributed by atoms with Crippen LogP contribution >= 0.6 is 0 Å². The first-order valence-electron chi connectivity index (χ1n) is 7.28. The summed E-state index contributed by atoms with van der Waals surface area (Å²) in [6.45, 7) is 0. The Labute approximate surface area is 146 Å². The molecular weight excluding hydrogens is 353 g/mol. The quantitative estimate of drug-likeness (QED) is 0.496. The van der Waals surface area contributed by atoms with E-state index < -0.39 is 47.0 Å². The minimum atomic E-state index is -4.69. The third kappa shape index (κ3) is 4.27. The molecule has 0 bridgehead atoms. The molecule has 8 heteroatoms. The van der Waals surface area contributed by atoms with Gasteiger partial charge in [0.25, 0.3) is 0 Å². The van der Waals surface area contributed by atoms with E-state index in [9.17, 15) is 32.7 Å². The molecule has 0 aromatic heterocycles. The highest BCUT2D eigenvalue weighted by molar-refractivity contribution is 6.14. The van der Waals surface area contributed by atoms with Gasteiger partial charge < -0.3 is 9.84 Å². The maximum Gasteiger partial charge on any atom is 0.416 e. The zero-order valence-corrected chi connectivity index (χ0v) is 13.5. The molecule has 0 saturated carbocycles. The topological polar surface area (TPSA) is 80.7 Å². The number of esters is 1. The van der Waals surface area contributed by atoms with E-state index in [0.29, 0.717) is 12.1 Å². The molecule has 136 valence electrons. The molecule has 0 atom stereocenters. The minimum Gasteiger partial charge on any atom is -0.507 e. The van der Waals surface area contributed by atoms with Gasteiger partial charge in [-0.2, -0.15) is 13.2 Å². The Hall–Kier alpha value is -3.16. The standard InChI is InChI=1S/C18H13F3O5/c1-26-17(25)11-4-2-3-10(7-11)15(23)9-16(24)13-8-12(18(19,20)21)5-6-14(13)22/h2-8,22H,9H2,1H3. The van der Waals surface area contributed by atoms with Gasteiger partial charge in [0.2, 0.25) is 0 Å². The van der Waals surface area contributed by atoms with Gasteiger partial charge in [-0.3, -0.25) is 9.59 Å². The maximum absolute atomic E-state index is 12.7. The SMILES string of the molecule is COC(=O)c1cccc(C(=O)CC(=O)c2cc(C(F)(F)F)ccc2O)c1. The summed E-state index contributed by atoms with van der Waals surface area (Å²) in [5.41, 5.74) is -1.60. The molecule has 0 fully saturated rings. The highest BCUT2D eigenvalue weighted by Gasteiger charge is 2.32. The number of ketones is 2. The molecule has 26 heavy (non-hydrogen) atoms. The van der Waals surface area contributed by atoms with Crippen molar-refractivity contribution < 1.29 is 37.4 Å². The summed E-state index contributed by atoms with van der Waals surface area (Å²) in [4.78, 5) is 35.8. The van der Waals surface area contributed by atoms with Crippen LogP contribution in [0.3, 0.4) is 0 Å². The van der Waals surface area contributed by atoms with Crippen molar-refractivity contribution in [3.63, 3.8) is 0 Å². The van der Waals surface area contributed by atoms with Gasteiger partial charge in [-0.15, -0.1) is 0 Å². The molecule has 0 heterocycles. The average Bonchev–Trinajstić information content (AvgIpc) is 2.60. The molecule has 2 aromatic rings. The largest absolute Gasteiger partial charge is 0.507 e. The number of methoxy groups -OCH3 is 1. The van der Waals surface area contributed by atoms with Crippen LogP contribution in [0.1, 0.15) is 43.1 Å². The summed E-state index contributed by atoms with van der Waals surface area (Å²) in [5, 5.41) is 9.64. The highest BCUT2D eigenvalue weighted by Crippen LogP contribution is 2.32. The summed E-state index contributed by atoms with van der Waals surface area (Å²) in [6.07, 6.45) is -5.46. The zero-order valence-electron chi connectivity index (χ0n) is 13.5. The Bertz CT molecular complexity index is 871. The molecule has 0 spiro atoms. The van der Waals surface area contributed by atoms with E-state index in [-0.39, 0.29) is 11.1 Å². The van der Waals surface area contributed by atoms with Gasteiger partial charge in [0.15, 0.2) is 11.6 Å². The van der Waals surface area contributed by atoms with Gasteiger partial charge in [-0.25, -0.2) is 4.79 Å². The number of carbonyl (C=O) groups is 3. The van der Waals surface area contributed by atoms with Gasteiger partial charge >= 0.3 is 12.1 Å². The number of halogens is 3. The number of benzene rings is 2. The Morgan fingerprint density at radius 3 is 2.27 bits per heavy atom. The number of aromatic hydroxyl groups is 1. The second-order valence-electron chi connectivity index (χ2n) is 5.33. The van der Waals surface area contributed by atoms with Crippen LogP contribution in [0.5, 0.6) is 5.75 Å². The van der Waals surface area contributed by atoms with Crippen molar-refractivity contribution in [2.45, 2.75) is 12.6 Å².